The van der Waals surface area contributed by atoms with Gasteiger partial charge in [-0.1, -0.05) is 20.8 Å². The molecule has 0 amide bonds. The second kappa shape index (κ2) is 2.62. The Balaban J connectivity index is 0.000000720. The van der Waals surface area contributed by atoms with E-state index in [1.807, 2.05) is 0 Å². The highest BCUT2D eigenvalue weighted by Crippen LogP contribution is 2.64. The Morgan fingerprint density at radius 1 is 1.25 bits per heavy atom. The van der Waals surface area contributed by atoms with Gasteiger partial charge in [-0.2, -0.15) is 0 Å². The molecule has 3 atom stereocenters. The molecule has 0 aromatic heterocycles. The predicted molar refractivity (Wildman–Crippen MR) is 54.5 cm³/mol. The van der Waals surface area contributed by atoms with E-state index in [-0.39, 0.29) is 12.4 Å². The average molecular weight is 190 g/mol. The number of hydrogen-bond donors (Lipinski definition) is 1. The lowest BCUT2D eigenvalue weighted by atomic mass is 9.69. The zero-order chi connectivity index (χ0) is 8.28. The van der Waals surface area contributed by atoms with Gasteiger partial charge in [-0.05, 0) is 36.0 Å². The Morgan fingerprint density at radius 2 is 1.83 bits per heavy atom. The highest BCUT2D eigenvalue weighted by Gasteiger charge is 2.59. The first-order valence-corrected chi connectivity index (χ1v) is 4.74. The molecule has 0 radical (unpaired) electrons. The van der Waals surface area contributed by atoms with E-state index in [4.69, 9.17) is 5.73 Å². The van der Waals surface area contributed by atoms with Crippen molar-refractivity contribution in [2.45, 2.75) is 46.1 Å². The molecular formula is C10H20ClN. The molecule has 2 bridgehead atoms. The van der Waals surface area contributed by atoms with Gasteiger partial charge >= 0.3 is 0 Å². The lowest BCUT2D eigenvalue weighted by Gasteiger charge is -2.37. The smallest absolute Gasteiger partial charge is 0.0101 e. The van der Waals surface area contributed by atoms with E-state index in [1.165, 1.54) is 19.3 Å². The molecular weight excluding hydrogens is 170 g/mol. The van der Waals surface area contributed by atoms with Gasteiger partial charge in [-0.15, -0.1) is 12.4 Å². The molecule has 2 aliphatic rings. The zero-order valence-corrected chi connectivity index (χ0v) is 9.08. The van der Waals surface area contributed by atoms with Gasteiger partial charge < -0.3 is 5.73 Å². The molecule has 0 saturated heterocycles. The van der Waals surface area contributed by atoms with Crippen LogP contribution in [-0.2, 0) is 0 Å². The summed E-state index contributed by atoms with van der Waals surface area (Å²) in [5.74, 6) is 0.905. The molecule has 12 heavy (non-hydrogen) atoms. The summed E-state index contributed by atoms with van der Waals surface area (Å²) in [6.07, 6.45) is 4.03. The van der Waals surface area contributed by atoms with E-state index in [0.717, 1.165) is 5.92 Å². The predicted octanol–water partition coefficient (Wildman–Crippen LogP) is 2.58. The van der Waals surface area contributed by atoms with E-state index in [1.54, 1.807) is 0 Å². The lowest BCUT2D eigenvalue weighted by molar-refractivity contribution is 0.136. The fraction of sp³-hybridized carbons (Fsp3) is 1.00. The molecule has 0 heterocycles. The molecule has 1 nitrogen and oxygen atoms in total. The summed E-state index contributed by atoms with van der Waals surface area (Å²) in [7, 11) is 0. The van der Waals surface area contributed by atoms with Gasteiger partial charge in [0.2, 0.25) is 0 Å². The molecule has 2 N–H and O–H groups in total. The van der Waals surface area contributed by atoms with Crippen LogP contribution in [0.15, 0.2) is 0 Å². The Labute approximate surface area is 81.5 Å². The lowest BCUT2D eigenvalue weighted by Crippen LogP contribution is -2.40. The van der Waals surface area contributed by atoms with Crippen molar-refractivity contribution in [1.29, 1.82) is 0 Å². The van der Waals surface area contributed by atoms with Gasteiger partial charge in [0, 0.05) is 6.04 Å². The number of nitrogens with two attached hydrogens (primary N) is 1. The Hall–Kier alpha value is 0.250. The van der Waals surface area contributed by atoms with Crippen LogP contribution in [-0.4, -0.2) is 6.04 Å². The van der Waals surface area contributed by atoms with Crippen molar-refractivity contribution in [3.8, 4) is 0 Å². The van der Waals surface area contributed by atoms with Gasteiger partial charge in [0.05, 0.1) is 0 Å². The normalized spacial score (nSPS) is 49.0. The Morgan fingerprint density at radius 3 is 2.00 bits per heavy atom. The van der Waals surface area contributed by atoms with E-state index in [0.29, 0.717) is 16.9 Å². The first-order chi connectivity index (χ1) is 4.98. The van der Waals surface area contributed by atoms with Crippen molar-refractivity contribution in [3.63, 3.8) is 0 Å². The fourth-order valence-electron chi connectivity index (χ4n) is 3.27. The van der Waals surface area contributed by atoms with Crippen LogP contribution in [0.25, 0.3) is 0 Å². The van der Waals surface area contributed by atoms with Gasteiger partial charge in [0.15, 0.2) is 0 Å². The first kappa shape index (κ1) is 10.3. The maximum atomic E-state index is 6.13. The second-order valence-electron chi connectivity index (χ2n) is 5.22. The standard InChI is InChI=1S/C10H19N.ClH/c1-9(2)7-4-5-10(9,3)8(11)6-7;/h7-8H,4-6,11H2,1-3H3;1H/t7-,8?,10+;/m1./s1. The first-order valence-electron chi connectivity index (χ1n) is 4.74. The highest BCUT2D eigenvalue weighted by molar-refractivity contribution is 5.85. The van der Waals surface area contributed by atoms with Crippen LogP contribution in [0.3, 0.4) is 0 Å². The molecule has 0 aromatic carbocycles. The molecule has 2 saturated carbocycles. The van der Waals surface area contributed by atoms with Gasteiger partial charge in [0.1, 0.15) is 0 Å². The van der Waals surface area contributed by atoms with E-state index >= 15 is 0 Å². The average Bonchev–Trinajstić information content (AvgIpc) is 2.20. The van der Waals surface area contributed by atoms with Crippen LogP contribution < -0.4 is 5.73 Å². The largest absolute Gasteiger partial charge is 0.327 e. The number of rotatable bonds is 0. The summed E-state index contributed by atoms with van der Waals surface area (Å²) >= 11 is 0. The monoisotopic (exact) mass is 189 g/mol. The van der Waals surface area contributed by atoms with Gasteiger partial charge in [-0.3, -0.25) is 0 Å². The third-order valence-corrected chi connectivity index (χ3v) is 4.86. The highest BCUT2D eigenvalue weighted by atomic mass is 35.5. The summed E-state index contributed by atoms with van der Waals surface area (Å²) in [6.45, 7) is 7.18. The van der Waals surface area contributed by atoms with E-state index in [2.05, 4.69) is 20.8 Å². The molecule has 2 fully saturated rings. The molecule has 0 aliphatic heterocycles. The third kappa shape index (κ3) is 0.898. The summed E-state index contributed by atoms with van der Waals surface area (Å²) in [5, 5.41) is 0. The van der Waals surface area contributed by atoms with Crippen molar-refractivity contribution in [3.05, 3.63) is 0 Å². The molecule has 1 unspecified atom stereocenters. The minimum atomic E-state index is 0. The van der Waals surface area contributed by atoms with E-state index < -0.39 is 0 Å². The zero-order valence-electron chi connectivity index (χ0n) is 8.26. The van der Waals surface area contributed by atoms with Crippen molar-refractivity contribution in [1.82, 2.24) is 0 Å². The third-order valence-electron chi connectivity index (χ3n) is 4.86. The fourth-order valence-corrected chi connectivity index (χ4v) is 3.27. The van der Waals surface area contributed by atoms with Gasteiger partial charge in [-0.25, -0.2) is 0 Å². The number of hydrogen-bond acceptors (Lipinski definition) is 1. The molecule has 0 aromatic rings. The number of fused-ring (bicyclic) bond motifs is 2. The van der Waals surface area contributed by atoms with Crippen LogP contribution in [0.1, 0.15) is 40.0 Å². The molecule has 2 heteroatoms. The topological polar surface area (TPSA) is 26.0 Å². The minimum absolute atomic E-state index is 0. The molecule has 2 aliphatic carbocycles. The van der Waals surface area contributed by atoms with E-state index in [9.17, 15) is 0 Å². The van der Waals surface area contributed by atoms with Crippen LogP contribution >= 0.6 is 12.4 Å². The number of halogens is 1. The minimum Gasteiger partial charge on any atom is -0.327 e. The SMILES string of the molecule is CC1(C)[C@@H]2CC[C@@]1(C)C(N)C2.Cl. The molecule has 0 spiro atoms. The Bertz CT molecular complexity index is 190. The quantitative estimate of drug-likeness (QED) is 0.623. The van der Waals surface area contributed by atoms with Crippen LogP contribution in [0.2, 0.25) is 0 Å². The maximum Gasteiger partial charge on any atom is 0.0101 e. The van der Waals surface area contributed by atoms with Gasteiger partial charge in [0.25, 0.3) is 0 Å². The van der Waals surface area contributed by atoms with Crippen LogP contribution in [0.4, 0.5) is 0 Å². The van der Waals surface area contributed by atoms with Crippen molar-refractivity contribution in [2.24, 2.45) is 22.5 Å². The Kier molecular flexibility index (Phi) is 2.25. The maximum absolute atomic E-state index is 6.13. The van der Waals surface area contributed by atoms with Crippen LogP contribution in [0, 0.1) is 16.7 Å². The summed E-state index contributed by atoms with van der Waals surface area (Å²) in [4.78, 5) is 0. The summed E-state index contributed by atoms with van der Waals surface area (Å²) < 4.78 is 0. The summed E-state index contributed by atoms with van der Waals surface area (Å²) in [5.41, 5.74) is 7.08. The summed E-state index contributed by atoms with van der Waals surface area (Å²) in [6, 6.07) is 0.469. The molecule has 72 valence electrons. The van der Waals surface area contributed by atoms with Crippen molar-refractivity contribution in [2.75, 3.05) is 0 Å². The van der Waals surface area contributed by atoms with Crippen molar-refractivity contribution < 1.29 is 0 Å². The van der Waals surface area contributed by atoms with Crippen LogP contribution in [0.5, 0.6) is 0 Å². The van der Waals surface area contributed by atoms with Crippen molar-refractivity contribution >= 4 is 12.4 Å². The molecule has 2 rings (SSSR count). The second-order valence-corrected chi connectivity index (χ2v) is 5.22.